The minimum atomic E-state index is 0.787. The summed E-state index contributed by atoms with van der Waals surface area (Å²) in [5, 5.41) is 0. The van der Waals surface area contributed by atoms with Crippen LogP contribution >= 0.6 is 0 Å². The molecule has 1 heterocycles. The van der Waals surface area contributed by atoms with Crippen LogP contribution in [0.15, 0.2) is 42.5 Å². The summed E-state index contributed by atoms with van der Waals surface area (Å²) < 4.78 is 11.2. The van der Waals surface area contributed by atoms with Crippen molar-refractivity contribution in [2.75, 3.05) is 58.4 Å². The SMILES string of the molecule is COc1ccccc1-c1ccc(N2CCN(CCCCN)CC2)c(OC)c1. The predicted octanol–water partition coefficient (Wildman–Crippen LogP) is 3.23. The van der Waals surface area contributed by atoms with Crippen LogP contribution in [0.2, 0.25) is 0 Å². The number of hydrogen-bond acceptors (Lipinski definition) is 5. The zero-order valence-corrected chi connectivity index (χ0v) is 16.5. The van der Waals surface area contributed by atoms with Crippen molar-refractivity contribution in [3.63, 3.8) is 0 Å². The molecule has 5 nitrogen and oxygen atoms in total. The van der Waals surface area contributed by atoms with Gasteiger partial charge >= 0.3 is 0 Å². The monoisotopic (exact) mass is 369 g/mol. The molecule has 2 aromatic carbocycles. The first-order valence-corrected chi connectivity index (χ1v) is 9.75. The van der Waals surface area contributed by atoms with Crippen molar-refractivity contribution in [3.8, 4) is 22.6 Å². The number of ether oxygens (including phenoxy) is 2. The Morgan fingerprint density at radius 2 is 1.63 bits per heavy atom. The Hall–Kier alpha value is -2.24. The molecule has 27 heavy (non-hydrogen) atoms. The molecule has 1 fully saturated rings. The third-order valence-corrected chi connectivity index (χ3v) is 5.24. The van der Waals surface area contributed by atoms with Crippen LogP contribution in [0.4, 0.5) is 5.69 Å². The summed E-state index contributed by atoms with van der Waals surface area (Å²) >= 11 is 0. The molecule has 1 saturated heterocycles. The van der Waals surface area contributed by atoms with Gasteiger partial charge in [0.05, 0.1) is 19.9 Å². The summed E-state index contributed by atoms with van der Waals surface area (Å²) in [6, 6.07) is 14.5. The number of unbranched alkanes of at least 4 members (excludes halogenated alkanes) is 1. The second-order valence-electron chi connectivity index (χ2n) is 6.91. The van der Waals surface area contributed by atoms with Crippen LogP contribution in [-0.2, 0) is 0 Å². The normalized spacial score (nSPS) is 15.0. The Balaban J connectivity index is 1.72. The van der Waals surface area contributed by atoms with E-state index >= 15 is 0 Å². The highest BCUT2D eigenvalue weighted by Gasteiger charge is 2.20. The molecule has 146 valence electrons. The molecule has 0 radical (unpaired) electrons. The third-order valence-electron chi connectivity index (χ3n) is 5.24. The third kappa shape index (κ3) is 4.73. The van der Waals surface area contributed by atoms with Gasteiger partial charge in [0, 0.05) is 31.7 Å². The lowest BCUT2D eigenvalue weighted by Gasteiger charge is -2.36. The molecule has 0 atom stereocenters. The van der Waals surface area contributed by atoms with E-state index in [-0.39, 0.29) is 0 Å². The van der Waals surface area contributed by atoms with Crippen LogP contribution in [0.5, 0.6) is 11.5 Å². The molecule has 0 bridgehead atoms. The second-order valence-corrected chi connectivity index (χ2v) is 6.91. The first-order valence-electron chi connectivity index (χ1n) is 9.75. The molecule has 0 aromatic heterocycles. The fraction of sp³-hybridized carbons (Fsp3) is 0.455. The van der Waals surface area contributed by atoms with Gasteiger partial charge in [-0.15, -0.1) is 0 Å². The van der Waals surface area contributed by atoms with Crippen LogP contribution < -0.4 is 20.1 Å². The predicted molar refractivity (Wildman–Crippen MR) is 112 cm³/mol. The molecule has 1 aliphatic heterocycles. The van der Waals surface area contributed by atoms with Gasteiger partial charge in [0.25, 0.3) is 0 Å². The van der Waals surface area contributed by atoms with E-state index in [1.54, 1.807) is 14.2 Å². The summed E-state index contributed by atoms with van der Waals surface area (Å²) in [6.45, 7) is 6.15. The Bertz CT molecular complexity index is 727. The largest absolute Gasteiger partial charge is 0.496 e. The second kappa shape index (κ2) is 9.62. The van der Waals surface area contributed by atoms with Crippen LogP contribution in [0.25, 0.3) is 11.1 Å². The van der Waals surface area contributed by atoms with Crippen LogP contribution in [0, 0.1) is 0 Å². The lowest BCUT2D eigenvalue weighted by molar-refractivity contribution is 0.252. The van der Waals surface area contributed by atoms with Crippen molar-refractivity contribution >= 4 is 5.69 Å². The molecule has 3 rings (SSSR count). The number of anilines is 1. The van der Waals surface area contributed by atoms with Crippen molar-refractivity contribution in [1.82, 2.24) is 4.90 Å². The first-order chi connectivity index (χ1) is 13.3. The molecule has 1 aliphatic rings. The van der Waals surface area contributed by atoms with Gasteiger partial charge in [-0.05, 0) is 49.7 Å². The van der Waals surface area contributed by atoms with E-state index in [1.807, 2.05) is 18.2 Å². The van der Waals surface area contributed by atoms with Crippen LogP contribution in [-0.4, -0.2) is 58.4 Å². The van der Waals surface area contributed by atoms with Crippen molar-refractivity contribution in [2.45, 2.75) is 12.8 Å². The number of rotatable bonds is 8. The maximum atomic E-state index is 5.73. The summed E-state index contributed by atoms with van der Waals surface area (Å²) in [5.74, 6) is 1.79. The number of hydrogen-bond donors (Lipinski definition) is 1. The maximum absolute atomic E-state index is 5.73. The number of nitrogens with two attached hydrogens (primary N) is 1. The average Bonchev–Trinajstić information content (AvgIpc) is 2.74. The molecular weight excluding hydrogens is 338 g/mol. The van der Waals surface area contributed by atoms with E-state index in [0.29, 0.717) is 0 Å². The summed E-state index contributed by atoms with van der Waals surface area (Å²) in [7, 11) is 3.45. The van der Waals surface area contributed by atoms with Gasteiger partial charge in [0.1, 0.15) is 11.5 Å². The van der Waals surface area contributed by atoms with Crippen LogP contribution in [0.1, 0.15) is 12.8 Å². The summed E-state index contributed by atoms with van der Waals surface area (Å²) in [6.07, 6.45) is 2.30. The van der Waals surface area contributed by atoms with Gasteiger partial charge in [-0.3, -0.25) is 4.90 Å². The quantitative estimate of drug-likeness (QED) is 0.724. The maximum Gasteiger partial charge on any atom is 0.142 e. The Morgan fingerprint density at radius 3 is 2.33 bits per heavy atom. The van der Waals surface area contributed by atoms with Crippen LogP contribution in [0.3, 0.4) is 0 Å². The molecular formula is C22H31N3O2. The lowest BCUT2D eigenvalue weighted by atomic mass is 10.0. The van der Waals surface area contributed by atoms with E-state index in [9.17, 15) is 0 Å². The van der Waals surface area contributed by atoms with Crippen molar-refractivity contribution in [2.24, 2.45) is 5.73 Å². The Morgan fingerprint density at radius 1 is 0.889 bits per heavy atom. The van der Waals surface area contributed by atoms with Gasteiger partial charge in [-0.1, -0.05) is 24.3 Å². The van der Waals surface area contributed by atoms with Gasteiger partial charge in [0.2, 0.25) is 0 Å². The van der Waals surface area contributed by atoms with E-state index in [1.165, 1.54) is 6.42 Å². The molecule has 0 amide bonds. The fourth-order valence-electron chi connectivity index (χ4n) is 3.68. The summed E-state index contributed by atoms with van der Waals surface area (Å²) in [4.78, 5) is 4.95. The van der Waals surface area contributed by atoms with E-state index in [2.05, 4.69) is 34.1 Å². The first kappa shape index (κ1) is 19.5. The van der Waals surface area contributed by atoms with Gasteiger partial charge < -0.3 is 20.1 Å². The van der Waals surface area contributed by atoms with Crippen molar-refractivity contribution < 1.29 is 9.47 Å². The minimum absolute atomic E-state index is 0.787. The Labute approximate surface area is 162 Å². The van der Waals surface area contributed by atoms with Crippen molar-refractivity contribution in [1.29, 1.82) is 0 Å². The van der Waals surface area contributed by atoms with E-state index in [0.717, 1.165) is 74.0 Å². The highest BCUT2D eigenvalue weighted by Crippen LogP contribution is 2.37. The van der Waals surface area contributed by atoms with Gasteiger partial charge in [-0.25, -0.2) is 0 Å². The molecule has 0 spiro atoms. The zero-order valence-electron chi connectivity index (χ0n) is 16.5. The van der Waals surface area contributed by atoms with Gasteiger partial charge in [-0.2, -0.15) is 0 Å². The molecule has 0 saturated carbocycles. The highest BCUT2D eigenvalue weighted by atomic mass is 16.5. The summed E-state index contributed by atoms with van der Waals surface area (Å²) in [5.41, 5.74) is 8.95. The lowest BCUT2D eigenvalue weighted by Crippen LogP contribution is -2.46. The molecule has 0 aliphatic carbocycles. The molecule has 0 unspecified atom stereocenters. The number of methoxy groups -OCH3 is 2. The number of benzene rings is 2. The topological polar surface area (TPSA) is 51.0 Å². The fourth-order valence-corrected chi connectivity index (χ4v) is 3.68. The number of piperazine rings is 1. The van der Waals surface area contributed by atoms with E-state index < -0.39 is 0 Å². The smallest absolute Gasteiger partial charge is 0.142 e. The standard InChI is InChI=1S/C22H31N3O2/c1-26-21-8-4-3-7-19(21)18-9-10-20(22(17-18)27-2)25-15-13-24(14-16-25)12-6-5-11-23/h3-4,7-10,17H,5-6,11-16,23H2,1-2H3. The van der Waals surface area contributed by atoms with Gasteiger partial charge in [0.15, 0.2) is 0 Å². The van der Waals surface area contributed by atoms with E-state index in [4.69, 9.17) is 15.2 Å². The Kier molecular flexibility index (Phi) is 6.96. The average molecular weight is 370 g/mol. The van der Waals surface area contributed by atoms with Crippen molar-refractivity contribution in [3.05, 3.63) is 42.5 Å². The number of nitrogens with zero attached hydrogens (tertiary/aromatic N) is 2. The molecule has 5 heteroatoms. The molecule has 2 aromatic rings. The minimum Gasteiger partial charge on any atom is -0.496 e. The zero-order chi connectivity index (χ0) is 19.1. The molecule has 2 N–H and O–H groups in total. The highest BCUT2D eigenvalue weighted by molar-refractivity contribution is 5.75. The number of para-hydroxylation sites is 1.